The quantitative estimate of drug-likeness (QED) is 0.716. The monoisotopic (exact) mass is 349 g/mol. The van der Waals surface area contributed by atoms with Crippen molar-refractivity contribution in [1.82, 2.24) is 15.0 Å². The third kappa shape index (κ3) is 7.46. The first-order valence-corrected chi connectivity index (χ1v) is 7.03. The molecule has 0 unspecified atom stereocenters. The molecule has 0 saturated carbocycles. The Morgan fingerprint density at radius 3 is 2.43 bits per heavy atom. The Morgan fingerprint density at radius 1 is 1.29 bits per heavy atom. The molecule has 1 rings (SSSR count). The standard InChI is InChI=1S/C10H14F3N3O3S.ClH/c1-14-4-5-16-20(17,18)8-2-3-9(15-6-8)19-7-10(11,12)13;/h2-3,6,14,16H,4-5,7H2,1H3;1H. The van der Waals surface area contributed by atoms with E-state index in [9.17, 15) is 21.6 Å². The fraction of sp³-hybridized carbons (Fsp3) is 0.500. The zero-order chi connectivity index (χ0) is 15.2. The Balaban J connectivity index is 0.00000400. The van der Waals surface area contributed by atoms with Gasteiger partial charge in [0.05, 0.1) is 6.20 Å². The Kier molecular flexibility index (Phi) is 7.93. The molecule has 0 aliphatic rings. The van der Waals surface area contributed by atoms with E-state index >= 15 is 0 Å². The maximum atomic E-state index is 11.9. The molecule has 0 amide bonds. The second kappa shape index (κ2) is 8.37. The molecule has 0 aliphatic heterocycles. The average molecular weight is 350 g/mol. The summed E-state index contributed by atoms with van der Waals surface area (Å²) in [6.45, 7) is -0.850. The molecule has 0 bridgehead atoms. The summed E-state index contributed by atoms with van der Waals surface area (Å²) in [6.07, 6.45) is -3.53. The van der Waals surface area contributed by atoms with Crippen LogP contribution in [0.25, 0.3) is 0 Å². The van der Waals surface area contributed by atoms with Crippen LogP contribution in [0.1, 0.15) is 0 Å². The highest BCUT2D eigenvalue weighted by atomic mass is 35.5. The minimum atomic E-state index is -4.47. The number of sulfonamides is 1. The van der Waals surface area contributed by atoms with Gasteiger partial charge in [0.1, 0.15) is 4.90 Å². The molecule has 0 fully saturated rings. The summed E-state index contributed by atoms with van der Waals surface area (Å²) in [5.41, 5.74) is 0. The molecule has 21 heavy (non-hydrogen) atoms. The van der Waals surface area contributed by atoms with Crippen molar-refractivity contribution >= 4 is 22.4 Å². The van der Waals surface area contributed by atoms with E-state index in [0.29, 0.717) is 6.54 Å². The minimum Gasteiger partial charge on any atom is -0.468 e. The first kappa shape index (κ1) is 19.9. The van der Waals surface area contributed by atoms with Gasteiger partial charge in [0.15, 0.2) is 6.61 Å². The van der Waals surface area contributed by atoms with E-state index < -0.39 is 22.8 Å². The number of aromatic nitrogens is 1. The third-order valence-electron chi connectivity index (χ3n) is 2.07. The largest absolute Gasteiger partial charge is 0.468 e. The lowest BCUT2D eigenvalue weighted by Gasteiger charge is -2.09. The highest BCUT2D eigenvalue weighted by Gasteiger charge is 2.28. The van der Waals surface area contributed by atoms with Gasteiger partial charge in [-0.25, -0.2) is 18.1 Å². The fourth-order valence-corrected chi connectivity index (χ4v) is 2.14. The van der Waals surface area contributed by atoms with Crippen LogP contribution in [-0.2, 0) is 10.0 Å². The van der Waals surface area contributed by atoms with E-state index in [1.54, 1.807) is 7.05 Å². The molecular formula is C10H15ClF3N3O3S. The predicted molar refractivity (Wildman–Crippen MR) is 72.2 cm³/mol. The lowest BCUT2D eigenvalue weighted by Crippen LogP contribution is -2.30. The predicted octanol–water partition coefficient (Wildman–Crippen LogP) is 0.942. The van der Waals surface area contributed by atoms with Crippen molar-refractivity contribution < 1.29 is 26.3 Å². The normalized spacial score (nSPS) is 11.8. The number of nitrogens with zero attached hydrogens (tertiary/aromatic N) is 1. The van der Waals surface area contributed by atoms with Crippen LogP contribution in [0.4, 0.5) is 13.2 Å². The molecule has 122 valence electrons. The van der Waals surface area contributed by atoms with Gasteiger partial charge >= 0.3 is 6.18 Å². The number of alkyl halides is 3. The van der Waals surface area contributed by atoms with E-state index in [2.05, 4.69) is 19.8 Å². The van der Waals surface area contributed by atoms with Gasteiger partial charge in [0.25, 0.3) is 0 Å². The van der Waals surface area contributed by atoms with Crippen LogP contribution in [0.3, 0.4) is 0 Å². The molecule has 1 heterocycles. The minimum absolute atomic E-state index is 0. The van der Waals surface area contributed by atoms with Gasteiger partial charge in [-0.15, -0.1) is 12.4 Å². The lowest BCUT2D eigenvalue weighted by atomic mass is 10.5. The summed E-state index contributed by atoms with van der Waals surface area (Å²) in [7, 11) is -2.05. The topological polar surface area (TPSA) is 80.3 Å². The van der Waals surface area contributed by atoms with E-state index in [0.717, 1.165) is 18.3 Å². The summed E-state index contributed by atoms with van der Waals surface area (Å²) in [5, 5.41) is 2.76. The maximum Gasteiger partial charge on any atom is 0.422 e. The van der Waals surface area contributed by atoms with Crippen LogP contribution >= 0.6 is 12.4 Å². The molecule has 1 aromatic rings. The molecule has 0 atom stereocenters. The van der Waals surface area contributed by atoms with Gasteiger partial charge in [-0.1, -0.05) is 0 Å². The van der Waals surface area contributed by atoms with Gasteiger partial charge in [-0.2, -0.15) is 13.2 Å². The molecular weight excluding hydrogens is 335 g/mol. The van der Waals surface area contributed by atoms with Crippen molar-refractivity contribution in [3.63, 3.8) is 0 Å². The summed E-state index contributed by atoms with van der Waals surface area (Å²) < 4.78 is 65.9. The summed E-state index contributed by atoms with van der Waals surface area (Å²) in [6, 6.07) is 2.19. The smallest absolute Gasteiger partial charge is 0.422 e. The highest BCUT2D eigenvalue weighted by Crippen LogP contribution is 2.17. The van der Waals surface area contributed by atoms with Crippen LogP contribution in [-0.4, -0.2) is 46.3 Å². The summed E-state index contributed by atoms with van der Waals surface area (Å²) in [5.74, 6) is -0.295. The Bertz CT molecular complexity index is 523. The third-order valence-corrected chi connectivity index (χ3v) is 3.52. The second-order valence-electron chi connectivity index (χ2n) is 3.74. The number of halogens is 4. The van der Waals surface area contributed by atoms with E-state index in [1.165, 1.54) is 0 Å². The Morgan fingerprint density at radius 2 is 1.95 bits per heavy atom. The van der Waals surface area contributed by atoms with Crippen LogP contribution in [0.2, 0.25) is 0 Å². The highest BCUT2D eigenvalue weighted by molar-refractivity contribution is 7.89. The first-order chi connectivity index (χ1) is 9.24. The van der Waals surface area contributed by atoms with Crippen LogP contribution in [0, 0.1) is 0 Å². The molecule has 0 spiro atoms. The van der Waals surface area contributed by atoms with Gasteiger partial charge in [0, 0.05) is 19.2 Å². The number of likely N-dealkylation sites (N-methyl/N-ethyl adjacent to an activating group) is 1. The van der Waals surface area contributed by atoms with Gasteiger partial charge in [-0.3, -0.25) is 0 Å². The molecule has 11 heteroatoms. The fourth-order valence-electron chi connectivity index (χ4n) is 1.16. The van der Waals surface area contributed by atoms with E-state index in [-0.39, 0.29) is 29.7 Å². The van der Waals surface area contributed by atoms with Crippen molar-refractivity contribution in [3.8, 4) is 5.88 Å². The van der Waals surface area contributed by atoms with Crippen LogP contribution in [0.5, 0.6) is 5.88 Å². The maximum absolute atomic E-state index is 11.9. The summed E-state index contributed by atoms with van der Waals surface area (Å²) in [4.78, 5) is 3.37. The van der Waals surface area contributed by atoms with Crippen LogP contribution < -0.4 is 14.8 Å². The van der Waals surface area contributed by atoms with Gasteiger partial charge in [-0.05, 0) is 13.1 Å². The molecule has 0 aromatic carbocycles. The zero-order valence-electron chi connectivity index (χ0n) is 11.0. The van der Waals surface area contributed by atoms with Gasteiger partial charge in [0.2, 0.25) is 15.9 Å². The molecule has 0 aliphatic carbocycles. The number of hydrogen-bond donors (Lipinski definition) is 2. The van der Waals surface area contributed by atoms with Crippen molar-refractivity contribution in [2.45, 2.75) is 11.1 Å². The number of ether oxygens (including phenoxy) is 1. The SMILES string of the molecule is CNCCNS(=O)(=O)c1ccc(OCC(F)(F)F)nc1.Cl. The van der Waals surface area contributed by atoms with Gasteiger partial charge < -0.3 is 10.1 Å². The number of nitrogens with one attached hydrogen (secondary N) is 2. The van der Waals surface area contributed by atoms with Crippen molar-refractivity contribution in [1.29, 1.82) is 0 Å². The number of hydrogen-bond acceptors (Lipinski definition) is 5. The number of pyridine rings is 1. The Hall–Kier alpha value is -1.10. The molecule has 1 aromatic heterocycles. The van der Waals surface area contributed by atoms with E-state index in [1.807, 2.05) is 0 Å². The number of rotatable bonds is 7. The molecule has 2 N–H and O–H groups in total. The summed E-state index contributed by atoms with van der Waals surface area (Å²) >= 11 is 0. The molecule has 0 radical (unpaired) electrons. The van der Waals surface area contributed by atoms with Crippen LogP contribution in [0.15, 0.2) is 23.2 Å². The molecule has 0 saturated heterocycles. The lowest BCUT2D eigenvalue weighted by molar-refractivity contribution is -0.154. The molecule has 6 nitrogen and oxygen atoms in total. The van der Waals surface area contributed by atoms with Crippen molar-refractivity contribution in [2.75, 3.05) is 26.7 Å². The van der Waals surface area contributed by atoms with Crippen molar-refractivity contribution in [2.24, 2.45) is 0 Å². The zero-order valence-corrected chi connectivity index (χ0v) is 12.6. The first-order valence-electron chi connectivity index (χ1n) is 5.54. The van der Waals surface area contributed by atoms with E-state index in [4.69, 9.17) is 0 Å². The van der Waals surface area contributed by atoms with Crippen molar-refractivity contribution in [3.05, 3.63) is 18.3 Å². The Labute approximate surface area is 126 Å². The average Bonchev–Trinajstić information content (AvgIpc) is 2.36. The second-order valence-corrected chi connectivity index (χ2v) is 5.50.